The van der Waals surface area contributed by atoms with Gasteiger partial charge in [0.15, 0.2) is 0 Å². The Bertz CT molecular complexity index is 323. The Labute approximate surface area is 83.3 Å². The lowest BCUT2D eigenvalue weighted by atomic mass is 10.1. The van der Waals surface area contributed by atoms with Crippen molar-refractivity contribution in [2.45, 2.75) is 12.8 Å². The molecule has 1 aromatic heterocycles. The summed E-state index contributed by atoms with van der Waals surface area (Å²) in [5, 5.41) is 0. The lowest BCUT2D eigenvalue weighted by Gasteiger charge is -2.13. The fourth-order valence-corrected chi connectivity index (χ4v) is 1.33. The van der Waals surface area contributed by atoms with Crippen molar-refractivity contribution in [2.75, 3.05) is 18.9 Å². The average molecular weight is 193 g/mol. The predicted octanol–water partition coefficient (Wildman–Crippen LogP) is 0.781. The molecule has 0 aromatic carbocycles. The van der Waals surface area contributed by atoms with Crippen LogP contribution in [0.2, 0.25) is 0 Å². The molecule has 14 heavy (non-hydrogen) atoms. The number of nitrogens with zero attached hydrogens (tertiary/aromatic N) is 1. The van der Waals surface area contributed by atoms with Crippen LogP contribution in [0.5, 0.6) is 5.88 Å². The molecule has 0 spiro atoms. The molecule has 0 bridgehead atoms. The summed E-state index contributed by atoms with van der Waals surface area (Å²) in [5.41, 5.74) is 12.1. The molecular formula is C10H15N3O. The Hall–Kier alpha value is -1.29. The summed E-state index contributed by atoms with van der Waals surface area (Å²) in [7, 11) is 0. The third-order valence-corrected chi connectivity index (χ3v) is 2.71. The number of anilines is 1. The molecule has 1 aliphatic rings. The molecule has 1 aromatic rings. The topological polar surface area (TPSA) is 74.2 Å². The second kappa shape index (κ2) is 3.46. The fourth-order valence-electron chi connectivity index (χ4n) is 1.33. The summed E-state index contributed by atoms with van der Waals surface area (Å²) in [6.45, 7) is 1.31. The fraction of sp³-hybridized carbons (Fsp3) is 0.500. The monoisotopic (exact) mass is 193 g/mol. The Kier molecular flexibility index (Phi) is 2.29. The number of nitrogen functional groups attached to an aromatic ring is 1. The minimum atomic E-state index is 0.198. The zero-order valence-corrected chi connectivity index (χ0v) is 8.07. The first kappa shape index (κ1) is 9.27. The molecule has 1 saturated carbocycles. The summed E-state index contributed by atoms with van der Waals surface area (Å²) < 4.78 is 5.54. The lowest BCUT2D eigenvalue weighted by molar-refractivity contribution is 0.232. The van der Waals surface area contributed by atoms with Gasteiger partial charge in [0.2, 0.25) is 5.88 Å². The highest BCUT2D eigenvalue weighted by molar-refractivity contribution is 5.46. The largest absolute Gasteiger partial charge is 0.476 e. The van der Waals surface area contributed by atoms with E-state index in [2.05, 4.69) is 4.98 Å². The van der Waals surface area contributed by atoms with Gasteiger partial charge in [-0.15, -0.1) is 0 Å². The zero-order chi connectivity index (χ0) is 10.0. The van der Waals surface area contributed by atoms with Crippen LogP contribution in [0, 0.1) is 5.41 Å². The van der Waals surface area contributed by atoms with Gasteiger partial charge in [0.05, 0.1) is 12.3 Å². The van der Waals surface area contributed by atoms with Crippen molar-refractivity contribution in [2.24, 2.45) is 11.1 Å². The van der Waals surface area contributed by atoms with Gasteiger partial charge in [0.25, 0.3) is 0 Å². The molecule has 1 fully saturated rings. The van der Waals surface area contributed by atoms with Crippen molar-refractivity contribution < 1.29 is 4.74 Å². The van der Waals surface area contributed by atoms with Crippen molar-refractivity contribution in [3.05, 3.63) is 18.3 Å². The number of rotatable bonds is 4. The van der Waals surface area contributed by atoms with Crippen LogP contribution < -0.4 is 16.2 Å². The highest BCUT2D eigenvalue weighted by Gasteiger charge is 2.42. The minimum Gasteiger partial charge on any atom is -0.476 e. The third-order valence-electron chi connectivity index (χ3n) is 2.71. The smallest absolute Gasteiger partial charge is 0.237 e. The lowest BCUT2D eigenvalue weighted by Crippen LogP contribution is -2.23. The maximum atomic E-state index is 5.69. The summed E-state index contributed by atoms with van der Waals surface area (Å²) in [6.07, 6.45) is 3.97. The highest BCUT2D eigenvalue weighted by Crippen LogP contribution is 2.44. The summed E-state index contributed by atoms with van der Waals surface area (Å²) in [6, 6.07) is 3.57. The van der Waals surface area contributed by atoms with Crippen LogP contribution in [0.25, 0.3) is 0 Å². The normalized spacial score (nSPS) is 17.8. The summed E-state index contributed by atoms with van der Waals surface area (Å²) >= 11 is 0. The molecule has 4 heteroatoms. The molecule has 4 N–H and O–H groups in total. The third kappa shape index (κ3) is 1.80. The number of hydrogen-bond acceptors (Lipinski definition) is 4. The van der Waals surface area contributed by atoms with E-state index in [4.69, 9.17) is 16.2 Å². The van der Waals surface area contributed by atoms with Gasteiger partial charge in [-0.1, -0.05) is 0 Å². The Morgan fingerprint density at radius 3 is 2.86 bits per heavy atom. The van der Waals surface area contributed by atoms with E-state index in [0.29, 0.717) is 24.7 Å². The molecule has 0 atom stereocenters. The number of aromatic nitrogens is 1. The molecule has 0 radical (unpaired) electrons. The Morgan fingerprint density at radius 1 is 1.50 bits per heavy atom. The highest BCUT2D eigenvalue weighted by atomic mass is 16.5. The van der Waals surface area contributed by atoms with Crippen molar-refractivity contribution in [3.63, 3.8) is 0 Å². The zero-order valence-electron chi connectivity index (χ0n) is 8.07. The van der Waals surface area contributed by atoms with Gasteiger partial charge in [-0.2, -0.15) is 0 Å². The van der Waals surface area contributed by atoms with E-state index in [0.717, 1.165) is 12.8 Å². The molecule has 76 valence electrons. The molecule has 0 amide bonds. The van der Waals surface area contributed by atoms with Gasteiger partial charge in [0, 0.05) is 18.2 Å². The number of nitrogens with two attached hydrogens (primary N) is 2. The summed E-state index contributed by atoms with van der Waals surface area (Å²) in [5.74, 6) is 0.521. The van der Waals surface area contributed by atoms with Gasteiger partial charge in [-0.25, -0.2) is 4.98 Å². The van der Waals surface area contributed by atoms with Gasteiger partial charge in [-0.3, -0.25) is 0 Å². The molecule has 4 nitrogen and oxygen atoms in total. The minimum absolute atomic E-state index is 0.198. The van der Waals surface area contributed by atoms with Gasteiger partial charge < -0.3 is 16.2 Å². The van der Waals surface area contributed by atoms with Crippen LogP contribution in [0.4, 0.5) is 5.69 Å². The molecule has 1 heterocycles. The first-order valence-electron chi connectivity index (χ1n) is 4.79. The molecule has 0 saturated heterocycles. The molecular weight excluding hydrogens is 178 g/mol. The van der Waals surface area contributed by atoms with Gasteiger partial charge in [0.1, 0.15) is 0 Å². The quantitative estimate of drug-likeness (QED) is 0.741. The number of ether oxygens (including phenoxy) is 1. The first-order chi connectivity index (χ1) is 6.76. The average Bonchev–Trinajstić information content (AvgIpc) is 2.98. The Balaban J connectivity index is 1.95. The van der Waals surface area contributed by atoms with Gasteiger partial charge in [-0.05, 0) is 25.0 Å². The van der Waals surface area contributed by atoms with E-state index < -0.39 is 0 Å². The maximum Gasteiger partial charge on any atom is 0.237 e. The molecule has 1 aliphatic carbocycles. The van der Waals surface area contributed by atoms with Crippen molar-refractivity contribution in [3.8, 4) is 5.88 Å². The molecule has 0 aliphatic heterocycles. The predicted molar refractivity (Wildman–Crippen MR) is 54.9 cm³/mol. The maximum absolute atomic E-state index is 5.69. The summed E-state index contributed by atoms with van der Waals surface area (Å²) in [4.78, 5) is 4.06. The van der Waals surface area contributed by atoms with E-state index in [1.165, 1.54) is 0 Å². The van der Waals surface area contributed by atoms with Crippen LogP contribution in [-0.4, -0.2) is 18.1 Å². The van der Waals surface area contributed by atoms with Crippen LogP contribution in [0.15, 0.2) is 18.3 Å². The van der Waals surface area contributed by atoms with E-state index >= 15 is 0 Å². The van der Waals surface area contributed by atoms with Crippen molar-refractivity contribution >= 4 is 5.69 Å². The molecule has 0 unspecified atom stereocenters. The van der Waals surface area contributed by atoms with Gasteiger partial charge >= 0.3 is 0 Å². The van der Waals surface area contributed by atoms with Crippen LogP contribution >= 0.6 is 0 Å². The van der Waals surface area contributed by atoms with Crippen LogP contribution in [-0.2, 0) is 0 Å². The van der Waals surface area contributed by atoms with Crippen molar-refractivity contribution in [1.29, 1.82) is 0 Å². The SMILES string of the molecule is NCC1(COc2ncccc2N)CC1. The van der Waals surface area contributed by atoms with Crippen LogP contribution in [0.1, 0.15) is 12.8 Å². The number of pyridine rings is 1. The second-order valence-electron chi connectivity index (χ2n) is 3.89. The number of hydrogen-bond donors (Lipinski definition) is 2. The van der Waals surface area contributed by atoms with Crippen LogP contribution in [0.3, 0.4) is 0 Å². The van der Waals surface area contributed by atoms with E-state index in [9.17, 15) is 0 Å². The van der Waals surface area contributed by atoms with E-state index in [1.54, 1.807) is 18.3 Å². The first-order valence-corrected chi connectivity index (χ1v) is 4.79. The standard InChI is InChI=1S/C10H15N3O/c11-6-10(3-4-10)7-14-9-8(12)2-1-5-13-9/h1-2,5H,3-4,6-7,11-12H2. The second-order valence-corrected chi connectivity index (χ2v) is 3.89. The van der Waals surface area contributed by atoms with E-state index in [1.807, 2.05) is 0 Å². The van der Waals surface area contributed by atoms with E-state index in [-0.39, 0.29) is 5.41 Å². The Morgan fingerprint density at radius 2 is 2.29 bits per heavy atom. The van der Waals surface area contributed by atoms with Crippen molar-refractivity contribution in [1.82, 2.24) is 4.98 Å². The molecule has 2 rings (SSSR count).